The highest BCUT2D eigenvalue weighted by atomic mass is 32.2. The molecule has 0 bridgehead atoms. The number of ether oxygens (including phenoxy) is 2. The molecule has 0 radical (unpaired) electrons. The van der Waals surface area contributed by atoms with Crippen LogP contribution in [0.1, 0.15) is 0 Å². The number of rotatable bonds is 7. The van der Waals surface area contributed by atoms with E-state index in [2.05, 4.69) is 9.80 Å². The molecule has 2 aliphatic rings. The van der Waals surface area contributed by atoms with Crippen LogP contribution in [0.3, 0.4) is 0 Å². The second kappa shape index (κ2) is 9.95. The average molecular weight is 450 g/mol. The molecular formula is C22H28FN3O4S. The van der Waals surface area contributed by atoms with E-state index in [0.717, 1.165) is 38.4 Å². The predicted octanol–water partition coefficient (Wildman–Crippen LogP) is 2.05. The minimum absolute atomic E-state index is 0.216. The van der Waals surface area contributed by atoms with Crippen LogP contribution in [-0.4, -0.2) is 83.3 Å². The number of benzene rings is 2. The van der Waals surface area contributed by atoms with Crippen LogP contribution >= 0.6 is 0 Å². The Bertz CT molecular complexity index is 940. The molecule has 2 heterocycles. The summed E-state index contributed by atoms with van der Waals surface area (Å²) in [5.74, 6) is 0.442. The maximum absolute atomic E-state index is 13.1. The SMILES string of the molecule is O=S(=O)(c1ccc(OCCN2CCN(c3ccc(F)cc3)CC2)cc1)N1CCOCC1. The monoisotopic (exact) mass is 449 g/mol. The van der Waals surface area contributed by atoms with Gasteiger partial charge in [0.25, 0.3) is 0 Å². The quantitative estimate of drug-likeness (QED) is 0.645. The van der Waals surface area contributed by atoms with Crippen LogP contribution in [0, 0.1) is 5.82 Å². The Labute approximate surface area is 183 Å². The molecule has 2 fully saturated rings. The summed E-state index contributed by atoms with van der Waals surface area (Å²) >= 11 is 0. The summed E-state index contributed by atoms with van der Waals surface area (Å²) in [5.41, 5.74) is 1.05. The fraction of sp³-hybridized carbons (Fsp3) is 0.455. The van der Waals surface area contributed by atoms with Gasteiger partial charge in [0, 0.05) is 51.5 Å². The Hall–Kier alpha value is -2.20. The van der Waals surface area contributed by atoms with Crippen LogP contribution in [-0.2, 0) is 14.8 Å². The Morgan fingerprint density at radius 3 is 2.16 bits per heavy atom. The topological polar surface area (TPSA) is 62.3 Å². The van der Waals surface area contributed by atoms with Crippen LogP contribution in [0.4, 0.5) is 10.1 Å². The molecule has 168 valence electrons. The molecule has 31 heavy (non-hydrogen) atoms. The molecule has 0 spiro atoms. The summed E-state index contributed by atoms with van der Waals surface area (Å²) in [4.78, 5) is 4.86. The highest BCUT2D eigenvalue weighted by molar-refractivity contribution is 7.89. The number of anilines is 1. The summed E-state index contributed by atoms with van der Waals surface area (Å²) in [7, 11) is -3.48. The highest BCUT2D eigenvalue weighted by Gasteiger charge is 2.26. The Morgan fingerprint density at radius 1 is 0.871 bits per heavy atom. The third-order valence-corrected chi connectivity index (χ3v) is 7.58. The Kier molecular flexibility index (Phi) is 7.06. The molecule has 9 heteroatoms. The number of halogens is 1. The number of hydrogen-bond acceptors (Lipinski definition) is 6. The molecular weight excluding hydrogens is 421 g/mol. The molecule has 7 nitrogen and oxygen atoms in total. The van der Waals surface area contributed by atoms with Gasteiger partial charge in [-0.3, -0.25) is 4.90 Å². The first-order valence-electron chi connectivity index (χ1n) is 10.6. The number of sulfonamides is 1. The fourth-order valence-electron chi connectivity index (χ4n) is 3.82. The first-order valence-corrected chi connectivity index (χ1v) is 12.0. The highest BCUT2D eigenvalue weighted by Crippen LogP contribution is 2.21. The van der Waals surface area contributed by atoms with E-state index in [1.54, 1.807) is 24.3 Å². The van der Waals surface area contributed by atoms with Crippen molar-refractivity contribution in [3.8, 4) is 5.75 Å². The van der Waals surface area contributed by atoms with E-state index in [-0.39, 0.29) is 10.7 Å². The maximum Gasteiger partial charge on any atom is 0.243 e. The van der Waals surface area contributed by atoms with Crippen molar-refractivity contribution in [3.05, 3.63) is 54.3 Å². The Balaban J connectivity index is 1.22. The van der Waals surface area contributed by atoms with Crippen LogP contribution in [0.25, 0.3) is 0 Å². The second-order valence-electron chi connectivity index (χ2n) is 7.64. The van der Waals surface area contributed by atoms with Crippen molar-refractivity contribution in [2.45, 2.75) is 4.90 Å². The standard InChI is InChI=1S/C22H28FN3O4S/c23-19-1-3-20(4-2-19)25-11-9-24(10-12-25)13-18-30-21-5-7-22(8-6-21)31(27,28)26-14-16-29-17-15-26/h1-8H,9-18H2. The van der Waals surface area contributed by atoms with E-state index in [4.69, 9.17) is 9.47 Å². The van der Waals surface area contributed by atoms with E-state index in [1.165, 1.54) is 16.4 Å². The number of morpholine rings is 1. The molecule has 0 N–H and O–H groups in total. The van der Waals surface area contributed by atoms with Gasteiger partial charge in [0.2, 0.25) is 10.0 Å². The molecule has 4 rings (SSSR count). The summed E-state index contributed by atoms with van der Waals surface area (Å²) in [5, 5.41) is 0. The van der Waals surface area contributed by atoms with Gasteiger partial charge in [-0.25, -0.2) is 12.8 Å². The molecule has 2 saturated heterocycles. The molecule has 0 aromatic heterocycles. The summed E-state index contributed by atoms with van der Waals surface area (Å²) in [6, 6.07) is 13.2. The molecule has 2 aromatic rings. The van der Waals surface area contributed by atoms with Crippen LogP contribution in [0.15, 0.2) is 53.4 Å². The van der Waals surface area contributed by atoms with Crippen molar-refractivity contribution in [2.24, 2.45) is 0 Å². The zero-order valence-electron chi connectivity index (χ0n) is 17.5. The van der Waals surface area contributed by atoms with E-state index in [0.29, 0.717) is 38.7 Å². The summed E-state index contributed by atoms with van der Waals surface area (Å²) in [6.07, 6.45) is 0. The van der Waals surface area contributed by atoms with Gasteiger partial charge in [-0.15, -0.1) is 0 Å². The number of nitrogens with zero attached hydrogens (tertiary/aromatic N) is 3. The van der Waals surface area contributed by atoms with Crippen molar-refractivity contribution in [2.75, 3.05) is 70.5 Å². The largest absolute Gasteiger partial charge is 0.492 e. The first-order chi connectivity index (χ1) is 15.0. The van der Waals surface area contributed by atoms with E-state index in [1.807, 2.05) is 12.1 Å². The zero-order chi connectivity index (χ0) is 21.7. The van der Waals surface area contributed by atoms with E-state index >= 15 is 0 Å². The van der Waals surface area contributed by atoms with Crippen LogP contribution in [0.2, 0.25) is 0 Å². The third kappa shape index (κ3) is 5.54. The van der Waals surface area contributed by atoms with Gasteiger partial charge in [-0.05, 0) is 48.5 Å². The van der Waals surface area contributed by atoms with Crippen molar-refractivity contribution in [3.63, 3.8) is 0 Å². The molecule has 0 saturated carbocycles. The zero-order valence-corrected chi connectivity index (χ0v) is 18.3. The van der Waals surface area contributed by atoms with Crippen molar-refractivity contribution >= 4 is 15.7 Å². The molecule has 0 atom stereocenters. The molecule has 0 aliphatic carbocycles. The van der Waals surface area contributed by atoms with Gasteiger partial charge in [-0.2, -0.15) is 4.31 Å². The van der Waals surface area contributed by atoms with Crippen molar-refractivity contribution in [1.82, 2.24) is 9.21 Å². The first kappa shape index (κ1) is 22.0. The summed E-state index contributed by atoms with van der Waals surface area (Å²) < 4.78 is 50.9. The minimum atomic E-state index is -3.48. The number of piperazine rings is 1. The molecule has 0 amide bonds. The van der Waals surface area contributed by atoms with E-state index in [9.17, 15) is 12.8 Å². The van der Waals surface area contributed by atoms with Crippen molar-refractivity contribution in [1.29, 1.82) is 0 Å². The fourth-order valence-corrected chi connectivity index (χ4v) is 5.23. The predicted molar refractivity (Wildman–Crippen MR) is 117 cm³/mol. The average Bonchev–Trinajstić information content (AvgIpc) is 2.81. The van der Waals surface area contributed by atoms with Crippen LogP contribution in [0.5, 0.6) is 5.75 Å². The maximum atomic E-state index is 13.1. The molecule has 0 unspecified atom stereocenters. The minimum Gasteiger partial charge on any atom is -0.492 e. The third-order valence-electron chi connectivity index (χ3n) is 5.67. The lowest BCUT2D eigenvalue weighted by Crippen LogP contribution is -2.47. The lowest BCUT2D eigenvalue weighted by molar-refractivity contribution is 0.0730. The van der Waals surface area contributed by atoms with Gasteiger partial charge in [-0.1, -0.05) is 0 Å². The van der Waals surface area contributed by atoms with E-state index < -0.39 is 10.0 Å². The second-order valence-corrected chi connectivity index (χ2v) is 9.58. The van der Waals surface area contributed by atoms with Crippen molar-refractivity contribution < 1.29 is 22.3 Å². The lowest BCUT2D eigenvalue weighted by Gasteiger charge is -2.36. The summed E-state index contributed by atoms with van der Waals surface area (Å²) in [6.45, 7) is 6.56. The van der Waals surface area contributed by atoms with Gasteiger partial charge in [0.05, 0.1) is 18.1 Å². The van der Waals surface area contributed by atoms with Crippen LogP contribution < -0.4 is 9.64 Å². The number of hydrogen-bond donors (Lipinski definition) is 0. The Morgan fingerprint density at radius 2 is 1.52 bits per heavy atom. The molecule has 2 aromatic carbocycles. The molecule has 2 aliphatic heterocycles. The smallest absolute Gasteiger partial charge is 0.243 e. The van der Waals surface area contributed by atoms with Gasteiger partial charge >= 0.3 is 0 Å². The van der Waals surface area contributed by atoms with Gasteiger partial charge in [0.15, 0.2) is 0 Å². The lowest BCUT2D eigenvalue weighted by atomic mass is 10.2. The van der Waals surface area contributed by atoms with Gasteiger partial charge < -0.3 is 14.4 Å². The van der Waals surface area contributed by atoms with Gasteiger partial charge in [0.1, 0.15) is 18.2 Å². The normalized spacial score (nSPS) is 18.8.